The smallest absolute Gasteiger partial charge is 0.174 e. The molecule has 0 aromatic carbocycles. The third-order valence-corrected chi connectivity index (χ3v) is 3.77. The van der Waals surface area contributed by atoms with Gasteiger partial charge in [-0.1, -0.05) is 0 Å². The maximum absolute atomic E-state index is 5.72. The molecule has 1 fully saturated rings. The highest BCUT2D eigenvalue weighted by molar-refractivity contribution is 14.1. The lowest BCUT2D eigenvalue weighted by atomic mass is 10.2. The summed E-state index contributed by atoms with van der Waals surface area (Å²) in [6.07, 6.45) is 5.43. The topological polar surface area (TPSA) is 34.1 Å². The Morgan fingerprint density at radius 1 is 1.43 bits per heavy atom. The van der Waals surface area contributed by atoms with Crippen molar-refractivity contribution < 1.29 is 4.74 Å². The van der Waals surface area contributed by atoms with Gasteiger partial charge in [-0.15, -0.1) is 0 Å². The lowest BCUT2D eigenvalue weighted by Crippen LogP contribution is -2.21. The molecule has 0 bridgehead atoms. The minimum atomic E-state index is 0.308. The van der Waals surface area contributed by atoms with Crippen LogP contribution >= 0.6 is 22.6 Å². The molecule has 14 heavy (non-hydrogen) atoms. The van der Waals surface area contributed by atoms with E-state index in [0.717, 1.165) is 28.2 Å². The highest BCUT2D eigenvalue weighted by Crippen LogP contribution is 2.45. The van der Waals surface area contributed by atoms with E-state index < -0.39 is 0 Å². The number of aromatic nitrogens is 1. The predicted molar refractivity (Wildman–Crippen MR) is 62.7 cm³/mol. The fourth-order valence-electron chi connectivity index (χ4n) is 1.84. The van der Waals surface area contributed by atoms with E-state index in [0.29, 0.717) is 5.54 Å². The molecule has 3 nitrogen and oxygen atoms in total. The SMILES string of the molecule is Ic1ccnc2c1OCCC1(CC1)N2. The highest BCUT2D eigenvalue weighted by Gasteiger charge is 2.44. The number of ether oxygens (including phenoxy) is 1. The van der Waals surface area contributed by atoms with Crippen LogP contribution in [0.1, 0.15) is 19.3 Å². The molecule has 1 spiro atoms. The second-order valence-corrected chi connectivity index (χ2v) is 5.14. The van der Waals surface area contributed by atoms with Gasteiger partial charge < -0.3 is 10.1 Å². The van der Waals surface area contributed by atoms with Crippen LogP contribution in [0.25, 0.3) is 0 Å². The van der Waals surface area contributed by atoms with Crippen molar-refractivity contribution in [3.05, 3.63) is 15.8 Å². The minimum absolute atomic E-state index is 0.308. The molecule has 0 amide bonds. The van der Waals surface area contributed by atoms with Gasteiger partial charge in [0.2, 0.25) is 0 Å². The molecule has 74 valence electrons. The molecule has 1 aliphatic carbocycles. The van der Waals surface area contributed by atoms with Gasteiger partial charge >= 0.3 is 0 Å². The van der Waals surface area contributed by atoms with Gasteiger partial charge in [0.05, 0.1) is 10.2 Å². The highest BCUT2D eigenvalue weighted by atomic mass is 127. The van der Waals surface area contributed by atoms with E-state index in [1.807, 2.05) is 12.3 Å². The molecule has 0 saturated heterocycles. The molecule has 1 aromatic heterocycles. The van der Waals surface area contributed by atoms with Crippen LogP contribution in [0.2, 0.25) is 0 Å². The molecule has 1 aromatic rings. The van der Waals surface area contributed by atoms with Gasteiger partial charge in [-0.05, 0) is 41.5 Å². The van der Waals surface area contributed by atoms with Crippen molar-refractivity contribution >= 4 is 28.4 Å². The van der Waals surface area contributed by atoms with E-state index in [1.165, 1.54) is 12.8 Å². The Morgan fingerprint density at radius 3 is 3.07 bits per heavy atom. The number of anilines is 1. The summed E-state index contributed by atoms with van der Waals surface area (Å²) in [6, 6.07) is 1.98. The fraction of sp³-hybridized carbons (Fsp3) is 0.500. The van der Waals surface area contributed by atoms with E-state index in [1.54, 1.807) is 0 Å². The Morgan fingerprint density at radius 2 is 2.29 bits per heavy atom. The molecule has 2 heterocycles. The zero-order valence-corrected chi connectivity index (χ0v) is 9.87. The van der Waals surface area contributed by atoms with E-state index in [2.05, 4.69) is 32.9 Å². The summed E-state index contributed by atoms with van der Waals surface area (Å²) in [4.78, 5) is 4.33. The summed E-state index contributed by atoms with van der Waals surface area (Å²) in [5.74, 6) is 1.85. The zero-order chi connectivity index (χ0) is 9.60. The Balaban J connectivity index is 2.03. The molecular weight excluding hydrogens is 291 g/mol. The number of pyridine rings is 1. The van der Waals surface area contributed by atoms with Crippen LogP contribution in [-0.2, 0) is 0 Å². The van der Waals surface area contributed by atoms with Gasteiger partial charge in [-0.25, -0.2) is 4.98 Å². The van der Waals surface area contributed by atoms with Gasteiger partial charge in [0.1, 0.15) is 0 Å². The van der Waals surface area contributed by atoms with Gasteiger partial charge in [-0.3, -0.25) is 0 Å². The molecule has 3 rings (SSSR count). The summed E-state index contributed by atoms with van der Waals surface area (Å²) in [6.45, 7) is 0.807. The average molecular weight is 302 g/mol. The quantitative estimate of drug-likeness (QED) is 0.747. The maximum atomic E-state index is 5.72. The Bertz CT molecular complexity index is 376. The van der Waals surface area contributed by atoms with Crippen molar-refractivity contribution in [2.45, 2.75) is 24.8 Å². The zero-order valence-electron chi connectivity index (χ0n) is 7.72. The van der Waals surface area contributed by atoms with Crippen molar-refractivity contribution in [3.8, 4) is 5.75 Å². The van der Waals surface area contributed by atoms with Gasteiger partial charge in [0.15, 0.2) is 11.6 Å². The first-order valence-electron chi connectivity index (χ1n) is 4.85. The molecule has 0 unspecified atom stereocenters. The molecule has 4 heteroatoms. The standard InChI is InChI=1S/C10H11IN2O/c11-7-1-5-12-9-8(7)14-6-4-10(13-9)2-3-10/h1,5H,2-4,6H2,(H,12,13). The monoisotopic (exact) mass is 302 g/mol. The van der Waals surface area contributed by atoms with Crippen LogP contribution in [0.15, 0.2) is 12.3 Å². The molecule has 2 aliphatic rings. The molecule has 0 radical (unpaired) electrons. The van der Waals surface area contributed by atoms with Crippen molar-refractivity contribution in [3.63, 3.8) is 0 Å². The molecule has 0 atom stereocenters. The van der Waals surface area contributed by atoms with Crippen molar-refractivity contribution in [2.75, 3.05) is 11.9 Å². The number of nitrogens with one attached hydrogen (secondary N) is 1. The minimum Gasteiger partial charge on any atom is -0.488 e. The number of rotatable bonds is 0. The van der Waals surface area contributed by atoms with Crippen LogP contribution in [0.4, 0.5) is 5.82 Å². The Labute approximate surface area is 96.4 Å². The van der Waals surface area contributed by atoms with Crippen molar-refractivity contribution in [1.82, 2.24) is 4.98 Å². The second-order valence-electron chi connectivity index (χ2n) is 3.97. The van der Waals surface area contributed by atoms with Crippen LogP contribution in [0.3, 0.4) is 0 Å². The largest absolute Gasteiger partial charge is 0.488 e. The van der Waals surface area contributed by atoms with Crippen molar-refractivity contribution in [1.29, 1.82) is 0 Å². The molecular formula is C10H11IN2O. The number of hydrogen-bond donors (Lipinski definition) is 1. The lowest BCUT2D eigenvalue weighted by molar-refractivity contribution is 0.307. The predicted octanol–water partition coefficient (Wildman–Crippen LogP) is 2.41. The summed E-state index contributed by atoms with van der Waals surface area (Å²) >= 11 is 2.29. The van der Waals surface area contributed by atoms with Crippen molar-refractivity contribution in [2.24, 2.45) is 0 Å². The van der Waals surface area contributed by atoms with Crippen LogP contribution in [0.5, 0.6) is 5.75 Å². The van der Waals surface area contributed by atoms with E-state index in [-0.39, 0.29) is 0 Å². The summed E-state index contributed by atoms with van der Waals surface area (Å²) in [7, 11) is 0. The van der Waals surface area contributed by atoms with Crippen LogP contribution in [0, 0.1) is 3.57 Å². The van der Waals surface area contributed by atoms with E-state index in [9.17, 15) is 0 Å². The number of hydrogen-bond acceptors (Lipinski definition) is 3. The third-order valence-electron chi connectivity index (χ3n) is 2.92. The summed E-state index contributed by atoms with van der Waals surface area (Å²) in [5.41, 5.74) is 0.308. The van der Waals surface area contributed by atoms with Crippen LogP contribution < -0.4 is 10.1 Å². The second kappa shape index (κ2) is 2.98. The number of halogens is 1. The Hall–Kier alpha value is -0.520. The first-order chi connectivity index (χ1) is 6.79. The summed E-state index contributed by atoms with van der Waals surface area (Å²) < 4.78 is 6.86. The van der Waals surface area contributed by atoms with Gasteiger partial charge in [0, 0.05) is 18.2 Å². The normalized spacial score (nSPS) is 21.8. The van der Waals surface area contributed by atoms with Crippen LogP contribution in [-0.4, -0.2) is 17.1 Å². The molecule has 1 N–H and O–H groups in total. The van der Waals surface area contributed by atoms with E-state index >= 15 is 0 Å². The fourth-order valence-corrected chi connectivity index (χ4v) is 2.41. The molecule has 1 aliphatic heterocycles. The molecule has 1 saturated carbocycles. The number of nitrogens with zero attached hydrogens (tertiary/aromatic N) is 1. The maximum Gasteiger partial charge on any atom is 0.174 e. The number of fused-ring (bicyclic) bond motifs is 1. The van der Waals surface area contributed by atoms with Gasteiger partial charge in [0.25, 0.3) is 0 Å². The lowest BCUT2D eigenvalue weighted by Gasteiger charge is -2.13. The first kappa shape index (κ1) is 8.76. The summed E-state index contributed by atoms with van der Waals surface area (Å²) in [5, 5.41) is 3.51. The third kappa shape index (κ3) is 1.36. The van der Waals surface area contributed by atoms with Gasteiger partial charge in [-0.2, -0.15) is 0 Å². The average Bonchev–Trinajstić information content (AvgIpc) is 2.93. The Kier molecular flexibility index (Phi) is 1.87. The van der Waals surface area contributed by atoms with E-state index in [4.69, 9.17) is 4.74 Å². The first-order valence-corrected chi connectivity index (χ1v) is 5.93.